The molecule has 1 saturated heterocycles. The molecule has 5 nitrogen and oxygen atoms in total. The van der Waals surface area contributed by atoms with Gasteiger partial charge >= 0.3 is 5.97 Å². The number of ether oxygens (including phenoxy) is 1. The van der Waals surface area contributed by atoms with Crippen LogP contribution in [0.5, 0.6) is 5.75 Å². The Kier molecular flexibility index (Phi) is 3.59. The highest BCUT2D eigenvalue weighted by molar-refractivity contribution is 5.91. The van der Waals surface area contributed by atoms with Crippen molar-refractivity contribution in [2.24, 2.45) is 7.05 Å². The molecule has 0 bridgehead atoms. The summed E-state index contributed by atoms with van der Waals surface area (Å²) in [5.41, 5.74) is 2.18. The van der Waals surface area contributed by atoms with Crippen LogP contribution in [0.25, 0.3) is 10.9 Å². The van der Waals surface area contributed by atoms with Gasteiger partial charge in [0.05, 0.1) is 11.6 Å². The van der Waals surface area contributed by atoms with Crippen LogP contribution in [-0.2, 0) is 11.8 Å². The number of benzene rings is 1. The molecule has 0 saturated carbocycles. The first kappa shape index (κ1) is 13.9. The van der Waals surface area contributed by atoms with Gasteiger partial charge < -0.3 is 19.3 Å². The van der Waals surface area contributed by atoms with Crippen molar-refractivity contribution in [2.75, 3.05) is 18.0 Å². The van der Waals surface area contributed by atoms with E-state index in [1.54, 1.807) is 0 Å². The van der Waals surface area contributed by atoms with Crippen molar-refractivity contribution in [1.29, 1.82) is 0 Å². The number of rotatable bonds is 2. The third-order valence-electron chi connectivity index (χ3n) is 4.02. The maximum absolute atomic E-state index is 11.1. The molecule has 1 aromatic carbocycles. The first-order valence-electron chi connectivity index (χ1n) is 7.25. The summed E-state index contributed by atoms with van der Waals surface area (Å²) in [4.78, 5) is 13.4. The molecule has 2 aromatic rings. The number of carbonyl (C=O) groups is 1. The molecule has 0 unspecified atom stereocenters. The molecule has 0 amide bonds. The van der Waals surface area contributed by atoms with Crippen molar-refractivity contribution >= 4 is 22.6 Å². The van der Waals surface area contributed by atoms with Crippen LogP contribution in [0, 0.1) is 0 Å². The van der Waals surface area contributed by atoms with E-state index in [9.17, 15) is 9.90 Å². The lowest BCUT2D eigenvalue weighted by Gasteiger charge is -2.31. The lowest BCUT2D eigenvalue weighted by molar-refractivity contribution is -0.131. The first-order valence-corrected chi connectivity index (χ1v) is 7.25. The fourth-order valence-electron chi connectivity index (χ4n) is 2.89. The van der Waals surface area contributed by atoms with Crippen LogP contribution in [0.1, 0.15) is 19.8 Å². The van der Waals surface area contributed by atoms with Crippen LogP contribution in [0.2, 0.25) is 0 Å². The van der Waals surface area contributed by atoms with E-state index in [2.05, 4.69) is 11.0 Å². The monoisotopic (exact) mass is 288 g/mol. The number of aryl methyl sites for hydroxylation is 1. The Labute approximate surface area is 123 Å². The zero-order chi connectivity index (χ0) is 15.0. The number of hydrogen-bond donors (Lipinski definition) is 1. The second-order valence-electron chi connectivity index (χ2n) is 5.62. The third-order valence-corrected chi connectivity index (χ3v) is 4.02. The van der Waals surface area contributed by atoms with Crippen molar-refractivity contribution in [2.45, 2.75) is 25.9 Å². The van der Waals surface area contributed by atoms with Crippen molar-refractivity contribution in [3.63, 3.8) is 0 Å². The molecule has 2 heterocycles. The Hall–Kier alpha value is -2.01. The molecule has 0 atom stereocenters. The number of hydrogen-bond acceptors (Lipinski definition) is 4. The molecular weight excluding hydrogens is 268 g/mol. The maximum atomic E-state index is 11.1. The molecule has 3 rings (SSSR count). The van der Waals surface area contributed by atoms with Crippen LogP contribution in [-0.4, -0.2) is 34.8 Å². The zero-order valence-electron chi connectivity index (χ0n) is 12.4. The maximum Gasteiger partial charge on any atom is 0.308 e. The highest BCUT2D eigenvalue weighted by Gasteiger charge is 2.18. The Morgan fingerprint density at radius 1 is 1.33 bits per heavy atom. The van der Waals surface area contributed by atoms with Gasteiger partial charge in [-0.1, -0.05) is 0 Å². The average Bonchev–Trinajstić information content (AvgIpc) is 2.75. The van der Waals surface area contributed by atoms with E-state index < -0.39 is 0 Å². The standard InChI is InChI=1S/C16H20N2O3/c1-11(19)21-16-10-17(2)15-9-12(3-4-14(15)16)18-7-5-13(20)6-8-18/h3-4,9-10,13,20H,5-8H2,1-2H3. The largest absolute Gasteiger partial charge is 0.424 e. The summed E-state index contributed by atoms with van der Waals surface area (Å²) < 4.78 is 7.21. The molecule has 1 aromatic heterocycles. The van der Waals surface area contributed by atoms with E-state index in [1.807, 2.05) is 29.9 Å². The van der Waals surface area contributed by atoms with Gasteiger partial charge in [-0.25, -0.2) is 0 Å². The van der Waals surface area contributed by atoms with Gasteiger partial charge in [0.1, 0.15) is 0 Å². The molecule has 1 fully saturated rings. The molecule has 0 spiro atoms. The summed E-state index contributed by atoms with van der Waals surface area (Å²) in [5, 5.41) is 10.5. The first-order chi connectivity index (χ1) is 10.0. The van der Waals surface area contributed by atoms with E-state index >= 15 is 0 Å². The fraction of sp³-hybridized carbons (Fsp3) is 0.438. The van der Waals surface area contributed by atoms with Gasteiger partial charge in [0.2, 0.25) is 0 Å². The summed E-state index contributed by atoms with van der Waals surface area (Å²) in [7, 11) is 1.94. The summed E-state index contributed by atoms with van der Waals surface area (Å²) in [6.07, 6.45) is 3.28. The summed E-state index contributed by atoms with van der Waals surface area (Å²) in [6, 6.07) is 6.15. The Bertz CT molecular complexity index is 669. The van der Waals surface area contributed by atoms with E-state index in [4.69, 9.17) is 4.74 Å². The number of nitrogens with zero attached hydrogens (tertiary/aromatic N) is 2. The Morgan fingerprint density at radius 2 is 2.05 bits per heavy atom. The van der Waals surface area contributed by atoms with Crippen LogP contribution >= 0.6 is 0 Å². The van der Waals surface area contributed by atoms with Gasteiger partial charge in [0.25, 0.3) is 0 Å². The molecular formula is C16H20N2O3. The minimum atomic E-state index is -0.309. The number of aromatic nitrogens is 1. The topological polar surface area (TPSA) is 54.7 Å². The van der Waals surface area contributed by atoms with Crippen LogP contribution in [0.15, 0.2) is 24.4 Å². The average molecular weight is 288 g/mol. The van der Waals surface area contributed by atoms with Crippen LogP contribution < -0.4 is 9.64 Å². The molecule has 0 aliphatic carbocycles. The SMILES string of the molecule is CC(=O)Oc1cn(C)c2cc(N3CCC(O)CC3)ccc12. The highest BCUT2D eigenvalue weighted by Crippen LogP contribution is 2.31. The molecule has 112 valence electrons. The van der Waals surface area contributed by atoms with Gasteiger partial charge in [-0.05, 0) is 31.0 Å². The van der Waals surface area contributed by atoms with Gasteiger partial charge in [-0.15, -0.1) is 0 Å². The predicted molar refractivity (Wildman–Crippen MR) is 81.7 cm³/mol. The molecule has 1 aliphatic rings. The number of aliphatic hydroxyl groups is 1. The quantitative estimate of drug-likeness (QED) is 0.860. The third kappa shape index (κ3) is 2.74. The molecule has 0 radical (unpaired) electrons. The lowest BCUT2D eigenvalue weighted by Crippen LogP contribution is -2.35. The number of carbonyl (C=O) groups excluding carboxylic acids is 1. The zero-order valence-corrected chi connectivity index (χ0v) is 12.4. The molecule has 1 N–H and O–H groups in total. The smallest absolute Gasteiger partial charge is 0.308 e. The number of anilines is 1. The lowest BCUT2D eigenvalue weighted by atomic mass is 10.1. The summed E-state index contributed by atoms with van der Waals surface area (Å²) >= 11 is 0. The van der Waals surface area contributed by atoms with Crippen molar-refractivity contribution in [3.05, 3.63) is 24.4 Å². The number of fused-ring (bicyclic) bond motifs is 1. The van der Waals surface area contributed by atoms with Gasteiger partial charge in [-0.3, -0.25) is 4.79 Å². The highest BCUT2D eigenvalue weighted by atomic mass is 16.5. The number of esters is 1. The van der Waals surface area contributed by atoms with Gasteiger partial charge in [0, 0.05) is 44.3 Å². The van der Waals surface area contributed by atoms with Crippen LogP contribution in [0.4, 0.5) is 5.69 Å². The number of piperidine rings is 1. The van der Waals surface area contributed by atoms with Crippen molar-refractivity contribution in [1.82, 2.24) is 4.57 Å². The van der Waals surface area contributed by atoms with E-state index in [1.165, 1.54) is 6.92 Å². The summed E-state index contributed by atoms with van der Waals surface area (Å²) in [6.45, 7) is 3.15. The van der Waals surface area contributed by atoms with E-state index in [0.29, 0.717) is 5.75 Å². The second kappa shape index (κ2) is 5.41. The van der Waals surface area contributed by atoms with Gasteiger partial charge in [-0.2, -0.15) is 0 Å². The fourth-order valence-corrected chi connectivity index (χ4v) is 2.89. The van der Waals surface area contributed by atoms with Crippen LogP contribution in [0.3, 0.4) is 0 Å². The molecule has 1 aliphatic heterocycles. The normalized spacial score (nSPS) is 16.4. The van der Waals surface area contributed by atoms with Crippen molar-refractivity contribution < 1.29 is 14.6 Å². The van der Waals surface area contributed by atoms with E-state index in [-0.39, 0.29) is 12.1 Å². The second-order valence-corrected chi connectivity index (χ2v) is 5.62. The Balaban J connectivity index is 1.93. The van der Waals surface area contributed by atoms with Gasteiger partial charge in [0.15, 0.2) is 5.75 Å². The molecule has 5 heteroatoms. The number of aliphatic hydroxyl groups excluding tert-OH is 1. The Morgan fingerprint density at radius 3 is 2.71 bits per heavy atom. The predicted octanol–water partition coefficient (Wildman–Crippen LogP) is 2.06. The van der Waals surface area contributed by atoms with E-state index in [0.717, 1.165) is 42.5 Å². The molecule has 21 heavy (non-hydrogen) atoms. The summed E-state index contributed by atoms with van der Waals surface area (Å²) in [5.74, 6) is 0.289. The minimum Gasteiger partial charge on any atom is -0.424 e. The minimum absolute atomic E-state index is 0.171. The van der Waals surface area contributed by atoms with Crippen molar-refractivity contribution in [3.8, 4) is 5.75 Å².